The summed E-state index contributed by atoms with van der Waals surface area (Å²) in [5, 5.41) is 3.48. The molecule has 0 aliphatic carbocycles. The SMILES string of the molecule is CCNC(C)C1CCCN(c2nc[nH]c(=O)c2OC)C1. The summed E-state index contributed by atoms with van der Waals surface area (Å²) >= 11 is 0. The van der Waals surface area contributed by atoms with E-state index in [9.17, 15) is 4.79 Å². The van der Waals surface area contributed by atoms with Crippen LogP contribution in [0.3, 0.4) is 0 Å². The molecule has 1 fully saturated rings. The molecule has 0 radical (unpaired) electrons. The number of hydrogen-bond donors (Lipinski definition) is 2. The Bertz CT molecular complexity index is 488. The van der Waals surface area contributed by atoms with Gasteiger partial charge in [0.2, 0.25) is 5.75 Å². The summed E-state index contributed by atoms with van der Waals surface area (Å²) in [5.41, 5.74) is -0.223. The molecule has 2 atom stereocenters. The van der Waals surface area contributed by atoms with Gasteiger partial charge in [-0.15, -0.1) is 0 Å². The zero-order valence-electron chi connectivity index (χ0n) is 12.5. The molecule has 6 nitrogen and oxygen atoms in total. The Morgan fingerprint density at radius 3 is 3.15 bits per heavy atom. The third-order valence-electron chi connectivity index (χ3n) is 3.99. The molecular weight excluding hydrogens is 256 g/mol. The number of nitrogens with zero attached hydrogens (tertiary/aromatic N) is 2. The molecule has 2 heterocycles. The fourth-order valence-corrected chi connectivity index (χ4v) is 2.89. The molecule has 6 heteroatoms. The molecule has 112 valence electrons. The number of methoxy groups -OCH3 is 1. The van der Waals surface area contributed by atoms with Crippen molar-refractivity contribution in [2.45, 2.75) is 32.7 Å². The Balaban J connectivity index is 2.17. The zero-order valence-corrected chi connectivity index (χ0v) is 12.5. The summed E-state index contributed by atoms with van der Waals surface area (Å²) < 4.78 is 5.21. The Hall–Kier alpha value is -1.56. The molecule has 0 amide bonds. The second-order valence-electron chi connectivity index (χ2n) is 5.28. The standard InChI is InChI=1S/C14H24N4O2/c1-4-15-10(2)11-6-5-7-18(8-11)13-12(20-3)14(19)17-9-16-13/h9-11,15H,4-8H2,1-3H3,(H,16,17,19). The van der Waals surface area contributed by atoms with Gasteiger partial charge in [0.25, 0.3) is 5.56 Å². The number of anilines is 1. The molecule has 0 bridgehead atoms. The van der Waals surface area contributed by atoms with Gasteiger partial charge in [0.1, 0.15) is 0 Å². The van der Waals surface area contributed by atoms with E-state index in [1.54, 1.807) is 0 Å². The van der Waals surface area contributed by atoms with E-state index in [0.717, 1.165) is 26.1 Å². The van der Waals surface area contributed by atoms with Crippen molar-refractivity contribution in [1.82, 2.24) is 15.3 Å². The van der Waals surface area contributed by atoms with Crippen LogP contribution in [0.25, 0.3) is 0 Å². The maximum absolute atomic E-state index is 11.8. The largest absolute Gasteiger partial charge is 0.489 e. The van der Waals surface area contributed by atoms with E-state index >= 15 is 0 Å². The Morgan fingerprint density at radius 2 is 2.45 bits per heavy atom. The van der Waals surface area contributed by atoms with Gasteiger partial charge in [-0.2, -0.15) is 0 Å². The van der Waals surface area contributed by atoms with Gasteiger partial charge in [0.05, 0.1) is 13.4 Å². The predicted molar refractivity (Wildman–Crippen MR) is 79.5 cm³/mol. The van der Waals surface area contributed by atoms with Gasteiger partial charge in [0.15, 0.2) is 5.82 Å². The van der Waals surface area contributed by atoms with Gasteiger partial charge in [0, 0.05) is 19.1 Å². The molecule has 1 saturated heterocycles. The zero-order chi connectivity index (χ0) is 14.5. The lowest BCUT2D eigenvalue weighted by Crippen LogP contribution is -2.45. The first-order valence-corrected chi connectivity index (χ1v) is 7.27. The highest BCUT2D eigenvalue weighted by atomic mass is 16.5. The third-order valence-corrected chi connectivity index (χ3v) is 3.99. The highest BCUT2D eigenvalue weighted by Crippen LogP contribution is 2.27. The summed E-state index contributed by atoms with van der Waals surface area (Å²) in [4.78, 5) is 20.8. The van der Waals surface area contributed by atoms with Crippen LogP contribution < -0.4 is 20.5 Å². The molecule has 1 aromatic heterocycles. The average Bonchev–Trinajstić information content (AvgIpc) is 2.47. The average molecular weight is 280 g/mol. The van der Waals surface area contributed by atoms with Crippen molar-refractivity contribution in [1.29, 1.82) is 0 Å². The minimum Gasteiger partial charge on any atom is -0.489 e. The smallest absolute Gasteiger partial charge is 0.295 e. The van der Waals surface area contributed by atoms with Crippen molar-refractivity contribution in [3.8, 4) is 5.75 Å². The molecular formula is C14H24N4O2. The minimum atomic E-state index is -0.223. The molecule has 1 aliphatic rings. The fourth-order valence-electron chi connectivity index (χ4n) is 2.89. The first-order chi connectivity index (χ1) is 9.67. The van der Waals surface area contributed by atoms with E-state index in [4.69, 9.17) is 4.74 Å². The minimum absolute atomic E-state index is 0.223. The maximum atomic E-state index is 11.8. The number of piperidine rings is 1. The summed E-state index contributed by atoms with van der Waals surface area (Å²) in [5.74, 6) is 1.53. The van der Waals surface area contributed by atoms with Crippen LogP contribution in [-0.4, -0.2) is 42.8 Å². The van der Waals surface area contributed by atoms with E-state index < -0.39 is 0 Å². The number of nitrogens with one attached hydrogen (secondary N) is 2. The lowest BCUT2D eigenvalue weighted by Gasteiger charge is -2.36. The van der Waals surface area contributed by atoms with Crippen molar-refractivity contribution in [3.05, 3.63) is 16.7 Å². The van der Waals surface area contributed by atoms with Crippen LogP contribution in [0.15, 0.2) is 11.1 Å². The van der Waals surface area contributed by atoms with Gasteiger partial charge in [-0.1, -0.05) is 6.92 Å². The van der Waals surface area contributed by atoms with Crippen LogP contribution in [0.4, 0.5) is 5.82 Å². The quantitative estimate of drug-likeness (QED) is 0.842. The molecule has 20 heavy (non-hydrogen) atoms. The molecule has 2 rings (SSSR count). The Labute approximate surface area is 119 Å². The highest BCUT2D eigenvalue weighted by Gasteiger charge is 2.27. The van der Waals surface area contributed by atoms with Gasteiger partial charge >= 0.3 is 0 Å². The van der Waals surface area contributed by atoms with E-state index in [1.807, 2.05) is 0 Å². The van der Waals surface area contributed by atoms with E-state index in [-0.39, 0.29) is 5.56 Å². The number of H-pyrrole nitrogens is 1. The van der Waals surface area contributed by atoms with Crippen LogP contribution in [0, 0.1) is 5.92 Å². The molecule has 0 spiro atoms. The summed E-state index contributed by atoms with van der Waals surface area (Å²) in [6.45, 7) is 7.14. The number of ether oxygens (including phenoxy) is 1. The summed E-state index contributed by atoms with van der Waals surface area (Å²) in [6, 6.07) is 0.468. The van der Waals surface area contributed by atoms with Gasteiger partial charge in [-0.3, -0.25) is 4.79 Å². The molecule has 2 N–H and O–H groups in total. The van der Waals surface area contributed by atoms with Crippen molar-refractivity contribution in [2.75, 3.05) is 31.6 Å². The summed E-state index contributed by atoms with van der Waals surface area (Å²) in [7, 11) is 1.51. The van der Waals surface area contributed by atoms with Crippen molar-refractivity contribution in [3.63, 3.8) is 0 Å². The lowest BCUT2D eigenvalue weighted by molar-refractivity contribution is 0.320. The molecule has 0 saturated carbocycles. The van der Waals surface area contributed by atoms with E-state index in [0.29, 0.717) is 23.5 Å². The van der Waals surface area contributed by atoms with Crippen molar-refractivity contribution < 1.29 is 4.74 Å². The van der Waals surface area contributed by atoms with Gasteiger partial charge < -0.3 is 19.9 Å². The highest BCUT2D eigenvalue weighted by molar-refractivity contribution is 5.51. The molecule has 1 aliphatic heterocycles. The number of aromatic nitrogens is 2. The van der Waals surface area contributed by atoms with Crippen molar-refractivity contribution >= 4 is 5.82 Å². The monoisotopic (exact) mass is 280 g/mol. The predicted octanol–water partition coefficient (Wildman–Crippen LogP) is 0.993. The first-order valence-electron chi connectivity index (χ1n) is 7.27. The number of hydrogen-bond acceptors (Lipinski definition) is 5. The second kappa shape index (κ2) is 6.74. The van der Waals surface area contributed by atoms with Crippen LogP contribution in [0.1, 0.15) is 26.7 Å². The molecule has 2 unspecified atom stereocenters. The van der Waals surface area contributed by atoms with Crippen LogP contribution in [-0.2, 0) is 0 Å². The van der Waals surface area contributed by atoms with E-state index in [1.165, 1.54) is 19.9 Å². The first kappa shape index (κ1) is 14.8. The fraction of sp³-hybridized carbons (Fsp3) is 0.714. The van der Waals surface area contributed by atoms with Crippen LogP contribution >= 0.6 is 0 Å². The lowest BCUT2D eigenvalue weighted by atomic mass is 9.91. The van der Waals surface area contributed by atoms with Crippen LogP contribution in [0.5, 0.6) is 5.75 Å². The molecule has 1 aromatic rings. The topological polar surface area (TPSA) is 70.2 Å². The van der Waals surface area contributed by atoms with Gasteiger partial charge in [-0.25, -0.2) is 4.98 Å². The Kier molecular flexibility index (Phi) is 5.00. The number of rotatable bonds is 5. The van der Waals surface area contributed by atoms with Gasteiger partial charge in [-0.05, 0) is 32.2 Å². The number of aromatic amines is 1. The normalized spacial score (nSPS) is 20.8. The summed E-state index contributed by atoms with van der Waals surface area (Å²) in [6.07, 6.45) is 3.76. The third kappa shape index (κ3) is 3.12. The Morgan fingerprint density at radius 1 is 1.65 bits per heavy atom. The maximum Gasteiger partial charge on any atom is 0.295 e. The van der Waals surface area contributed by atoms with Crippen LogP contribution in [0.2, 0.25) is 0 Å². The molecule has 0 aromatic carbocycles. The second-order valence-corrected chi connectivity index (χ2v) is 5.28. The van der Waals surface area contributed by atoms with E-state index in [2.05, 4.69) is 34.0 Å². The van der Waals surface area contributed by atoms with Crippen molar-refractivity contribution in [2.24, 2.45) is 5.92 Å².